The summed E-state index contributed by atoms with van der Waals surface area (Å²) in [6, 6.07) is 27.3. The summed E-state index contributed by atoms with van der Waals surface area (Å²) >= 11 is 1.41. The molecule has 1 saturated heterocycles. The van der Waals surface area contributed by atoms with E-state index in [0.29, 0.717) is 16.6 Å². The number of rotatable bonds is 5. The first-order valence-corrected chi connectivity index (χ1v) is 10.1. The van der Waals surface area contributed by atoms with Crippen LogP contribution in [0.3, 0.4) is 0 Å². The van der Waals surface area contributed by atoms with Crippen molar-refractivity contribution < 1.29 is 9.53 Å². The van der Waals surface area contributed by atoms with Gasteiger partial charge in [-0.2, -0.15) is 0 Å². The number of aliphatic imine (C=N–C) groups is 1. The Morgan fingerprint density at radius 3 is 2.24 bits per heavy atom. The zero-order valence-corrected chi connectivity index (χ0v) is 16.8. The van der Waals surface area contributed by atoms with E-state index < -0.39 is 0 Å². The Balaban J connectivity index is 1.65. The molecule has 0 atom stereocenters. The molecule has 0 saturated carbocycles. The highest BCUT2D eigenvalue weighted by Crippen LogP contribution is 2.36. The predicted molar refractivity (Wildman–Crippen MR) is 120 cm³/mol. The number of hydrogen-bond acceptors (Lipinski definition) is 4. The number of anilines is 1. The lowest BCUT2D eigenvalue weighted by molar-refractivity contribution is -0.113. The summed E-state index contributed by atoms with van der Waals surface area (Å²) in [5.74, 6) is 0.754. The van der Waals surface area contributed by atoms with E-state index in [-0.39, 0.29) is 5.91 Å². The van der Waals surface area contributed by atoms with Gasteiger partial charge >= 0.3 is 0 Å². The van der Waals surface area contributed by atoms with Crippen molar-refractivity contribution in [3.05, 3.63) is 101 Å². The van der Waals surface area contributed by atoms with Crippen LogP contribution in [0.1, 0.15) is 11.1 Å². The molecule has 4 rings (SSSR count). The van der Waals surface area contributed by atoms with Gasteiger partial charge in [0.2, 0.25) is 0 Å². The van der Waals surface area contributed by atoms with Gasteiger partial charge in [0.1, 0.15) is 5.75 Å². The molecule has 29 heavy (non-hydrogen) atoms. The summed E-state index contributed by atoms with van der Waals surface area (Å²) in [6.45, 7) is 0.488. The third kappa shape index (κ3) is 4.41. The van der Waals surface area contributed by atoms with E-state index in [1.165, 1.54) is 11.8 Å². The molecule has 3 aromatic rings. The number of ether oxygens (including phenoxy) is 1. The SMILES string of the molecule is COc1ccc(C/N=C2\S/C(=C\c3ccccc3)C(=O)N2c2ccccc2)cc1. The van der Waals surface area contributed by atoms with Gasteiger partial charge in [0.15, 0.2) is 5.17 Å². The molecule has 3 aromatic carbocycles. The standard InChI is InChI=1S/C24H20N2O2S/c1-28-21-14-12-19(13-15-21)17-25-24-26(20-10-6-3-7-11-20)23(27)22(29-24)16-18-8-4-2-5-9-18/h2-16H,17H2,1H3/b22-16-,25-24-. The molecule has 0 bridgehead atoms. The van der Waals surface area contributed by atoms with Gasteiger partial charge < -0.3 is 4.74 Å². The maximum Gasteiger partial charge on any atom is 0.271 e. The van der Waals surface area contributed by atoms with Crippen LogP contribution in [0.2, 0.25) is 0 Å². The number of amidine groups is 1. The van der Waals surface area contributed by atoms with Gasteiger partial charge in [0, 0.05) is 0 Å². The van der Waals surface area contributed by atoms with Gasteiger partial charge in [-0.05, 0) is 53.2 Å². The molecule has 4 nitrogen and oxygen atoms in total. The summed E-state index contributed by atoms with van der Waals surface area (Å²) in [4.78, 5) is 20.3. The quantitative estimate of drug-likeness (QED) is 0.541. The Labute approximate surface area is 174 Å². The molecular weight excluding hydrogens is 380 g/mol. The Kier molecular flexibility index (Phi) is 5.77. The van der Waals surface area contributed by atoms with Crippen molar-refractivity contribution in [2.45, 2.75) is 6.54 Å². The highest BCUT2D eigenvalue weighted by Gasteiger charge is 2.34. The minimum absolute atomic E-state index is 0.0569. The van der Waals surface area contributed by atoms with Crippen molar-refractivity contribution in [1.29, 1.82) is 0 Å². The Hall–Kier alpha value is -3.31. The van der Waals surface area contributed by atoms with Crippen LogP contribution >= 0.6 is 11.8 Å². The van der Waals surface area contributed by atoms with E-state index in [0.717, 1.165) is 22.6 Å². The van der Waals surface area contributed by atoms with Gasteiger partial charge in [-0.15, -0.1) is 0 Å². The number of hydrogen-bond donors (Lipinski definition) is 0. The van der Waals surface area contributed by atoms with E-state index >= 15 is 0 Å². The van der Waals surface area contributed by atoms with E-state index in [2.05, 4.69) is 0 Å². The molecule has 1 fully saturated rings. The molecule has 1 aliphatic heterocycles. The highest BCUT2D eigenvalue weighted by atomic mass is 32.2. The monoisotopic (exact) mass is 400 g/mol. The van der Waals surface area contributed by atoms with E-state index in [1.807, 2.05) is 91.0 Å². The summed E-state index contributed by atoms with van der Waals surface area (Å²) in [5, 5.41) is 0.680. The summed E-state index contributed by atoms with van der Waals surface area (Å²) in [7, 11) is 1.65. The smallest absolute Gasteiger partial charge is 0.271 e. The molecular formula is C24H20N2O2S. The van der Waals surface area contributed by atoms with E-state index in [9.17, 15) is 4.79 Å². The molecule has 1 aliphatic rings. The van der Waals surface area contributed by atoms with Crippen molar-refractivity contribution in [2.75, 3.05) is 12.0 Å². The molecule has 144 valence electrons. The number of carbonyl (C=O) groups excluding carboxylic acids is 1. The molecule has 0 N–H and O–H groups in total. The molecule has 0 spiro atoms. The topological polar surface area (TPSA) is 41.9 Å². The summed E-state index contributed by atoms with van der Waals surface area (Å²) in [6.07, 6.45) is 1.92. The van der Waals surface area contributed by atoms with Crippen LogP contribution in [0.4, 0.5) is 5.69 Å². The molecule has 1 heterocycles. The number of amides is 1. The average Bonchev–Trinajstić information content (AvgIpc) is 3.09. The first-order valence-electron chi connectivity index (χ1n) is 9.26. The Morgan fingerprint density at radius 2 is 1.59 bits per heavy atom. The molecule has 0 radical (unpaired) electrons. The van der Waals surface area contributed by atoms with Crippen LogP contribution in [-0.2, 0) is 11.3 Å². The third-order valence-corrected chi connectivity index (χ3v) is 5.48. The lowest BCUT2D eigenvalue weighted by Crippen LogP contribution is -2.28. The lowest BCUT2D eigenvalue weighted by atomic mass is 10.2. The van der Waals surface area contributed by atoms with Gasteiger partial charge in [-0.1, -0.05) is 60.7 Å². The van der Waals surface area contributed by atoms with Gasteiger partial charge in [-0.3, -0.25) is 14.7 Å². The first-order chi connectivity index (χ1) is 14.2. The number of methoxy groups -OCH3 is 1. The maximum atomic E-state index is 13.2. The molecule has 5 heteroatoms. The Morgan fingerprint density at radius 1 is 0.931 bits per heavy atom. The summed E-state index contributed by atoms with van der Waals surface area (Å²) < 4.78 is 5.21. The zero-order valence-electron chi connectivity index (χ0n) is 16.0. The minimum Gasteiger partial charge on any atom is -0.497 e. The highest BCUT2D eigenvalue weighted by molar-refractivity contribution is 8.19. The zero-order chi connectivity index (χ0) is 20.1. The van der Waals surface area contributed by atoms with Crippen molar-refractivity contribution >= 4 is 34.6 Å². The van der Waals surface area contributed by atoms with Crippen molar-refractivity contribution in [3.63, 3.8) is 0 Å². The molecule has 1 amide bonds. The lowest BCUT2D eigenvalue weighted by Gasteiger charge is -2.15. The van der Waals surface area contributed by atoms with Crippen molar-refractivity contribution in [2.24, 2.45) is 4.99 Å². The number of para-hydroxylation sites is 1. The summed E-state index contributed by atoms with van der Waals surface area (Å²) in [5.41, 5.74) is 2.86. The predicted octanol–water partition coefficient (Wildman–Crippen LogP) is 5.37. The fraction of sp³-hybridized carbons (Fsp3) is 0.0833. The fourth-order valence-electron chi connectivity index (χ4n) is 2.97. The second-order valence-corrected chi connectivity index (χ2v) is 7.45. The van der Waals surface area contributed by atoms with Crippen molar-refractivity contribution in [1.82, 2.24) is 0 Å². The second-order valence-electron chi connectivity index (χ2n) is 6.44. The van der Waals surface area contributed by atoms with Gasteiger partial charge in [-0.25, -0.2) is 0 Å². The van der Waals surface area contributed by atoms with Crippen LogP contribution < -0.4 is 9.64 Å². The molecule has 0 aliphatic carbocycles. The fourth-order valence-corrected chi connectivity index (χ4v) is 3.95. The van der Waals surface area contributed by atoms with Crippen LogP contribution in [0.5, 0.6) is 5.75 Å². The van der Waals surface area contributed by atoms with Gasteiger partial charge in [0.05, 0.1) is 24.2 Å². The largest absolute Gasteiger partial charge is 0.497 e. The number of nitrogens with zero attached hydrogens (tertiary/aromatic N) is 2. The first kappa shape index (κ1) is 19.0. The number of benzene rings is 3. The van der Waals surface area contributed by atoms with Crippen LogP contribution in [0.15, 0.2) is 94.8 Å². The Bertz CT molecular complexity index is 1050. The van der Waals surface area contributed by atoms with E-state index in [4.69, 9.17) is 9.73 Å². The van der Waals surface area contributed by atoms with Crippen LogP contribution in [0.25, 0.3) is 6.08 Å². The van der Waals surface area contributed by atoms with Crippen LogP contribution in [-0.4, -0.2) is 18.2 Å². The second kappa shape index (κ2) is 8.80. The van der Waals surface area contributed by atoms with Gasteiger partial charge in [0.25, 0.3) is 5.91 Å². The number of carbonyl (C=O) groups is 1. The molecule has 0 unspecified atom stereocenters. The number of thioether (sulfide) groups is 1. The average molecular weight is 401 g/mol. The molecule has 0 aromatic heterocycles. The van der Waals surface area contributed by atoms with E-state index in [1.54, 1.807) is 12.0 Å². The maximum absolute atomic E-state index is 13.2. The van der Waals surface area contributed by atoms with Crippen molar-refractivity contribution in [3.8, 4) is 5.75 Å². The van der Waals surface area contributed by atoms with Crippen LogP contribution in [0, 0.1) is 0 Å². The third-order valence-electron chi connectivity index (χ3n) is 4.47. The normalized spacial score (nSPS) is 16.6. The minimum atomic E-state index is -0.0569.